The molecule has 0 unspecified atom stereocenters. The number of nitriles is 1. The van der Waals surface area contributed by atoms with E-state index in [0.29, 0.717) is 0 Å². The Balaban J connectivity index is 3.61. The molecule has 1 aromatic rings. The Morgan fingerprint density at radius 3 is 2.12 bits per heavy atom. The van der Waals surface area contributed by atoms with E-state index < -0.39 is 17.2 Å². The first-order valence-corrected chi connectivity index (χ1v) is 5.07. The van der Waals surface area contributed by atoms with E-state index in [4.69, 9.17) is 5.26 Å². The van der Waals surface area contributed by atoms with Crippen LogP contribution in [0.4, 0.5) is 13.2 Å². The molecular formula is C12H13F3N2. The lowest BCUT2D eigenvalue weighted by Crippen LogP contribution is -2.22. The van der Waals surface area contributed by atoms with E-state index in [-0.39, 0.29) is 17.0 Å². The Kier molecular flexibility index (Phi) is 3.19. The Morgan fingerprint density at radius 1 is 1.24 bits per heavy atom. The van der Waals surface area contributed by atoms with Gasteiger partial charge in [0.15, 0.2) is 0 Å². The first-order chi connectivity index (χ1) is 7.57. The van der Waals surface area contributed by atoms with Gasteiger partial charge in [-0.05, 0) is 18.6 Å². The van der Waals surface area contributed by atoms with Crippen molar-refractivity contribution in [3.8, 4) is 6.07 Å². The molecule has 0 N–H and O–H groups in total. The molecule has 0 bridgehead atoms. The number of rotatable bonds is 0. The average Bonchev–Trinajstić information content (AvgIpc) is 2.14. The van der Waals surface area contributed by atoms with Crippen molar-refractivity contribution >= 4 is 0 Å². The van der Waals surface area contributed by atoms with Crippen LogP contribution in [-0.4, -0.2) is 4.98 Å². The summed E-state index contributed by atoms with van der Waals surface area (Å²) in [5.74, 6) is 0. The molecule has 0 spiro atoms. The van der Waals surface area contributed by atoms with Crippen LogP contribution in [0.1, 0.15) is 43.3 Å². The third kappa shape index (κ3) is 2.76. The average molecular weight is 242 g/mol. The highest BCUT2D eigenvalue weighted by atomic mass is 19.4. The van der Waals surface area contributed by atoms with Crippen LogP contribution in [-0.2, 0) is 11.6 Å². The topological polar surface area (TPSA) is 36.7 Å². The molecule has 2 nitrogen and oxygen atoms in total. The van der Waals surface area contributed by atoms with Crippen molar-refractivity contribution in [1.29, 1.82) is 5.26 Å². The zero-order chi connectivity index (χ0) is 13.4. The molecule has 92 valence electrons. The third-order valence-electron chi connectivity index (χ3n) is 2.33. The largest absolute Gasteiger partial charge is 0.418 e. The second-order valence-corrected chi connectivity index (χ2v) is 4.91. The van der Waals surface area contributed by atoms with Crippen molar-refractivity contribution in [2.24, 2.45) is 0 Å². The van der Waals surface area contributed by atoms with Gasteiger partial charge in [-0.1, -0.05) is 20.8 Å². The van der Waals surface area contributed by atoms with Crippen LogP contribution in [0, 0.1) is 18.3 Å². The molecule has 0 aliphatic carbocycles. The van der Waals surface area contributed by atoms with Gasteiger partial charge in [0, 0.05) is 5.41 Å². The molecule has 0 fully saturated rings. The Labute approximate surface area is 98.1 Å². The number of pyridine rings is 1. The first-order valence-electron chi connectivity index (χ1n) is 5.07. The van der Waals surface area contributed by atoms with Crippen molar-refractivity contribution in [2.45, 2.75) is 39.3 Å². The minimum Gasteiger partial charge on any atom is -0.241 e. The van der Waals surface area contributed by atoms with Crippen molar-refractivity contribution in [2.75, 3.05) is 0 Å². The van der Waals surface area contributed by atoms with Gasteiger partial charge in [-0.2, -0.15) is 18.4 Å². The highest BCUT2D eigenvalue weighted by molar-refractivity contribution is 5.40. The van der Waals surface area contributed by atoms with E-state index >= 15 is 0 Å². The maximum absolute atomic E-state index is 12.9. The lowest BCUT2D eigenvalue weighted by Gasteiger charge is -2.23. The van der Waals surface area contributed by atoms with Gasteiger partial charge in [-0.3, -0.25) is 0 Å². The van der Waals surface area contributed by atoms with Crippen molar-refractivity contribution < 1.29 is 13.2 Å². The van der Waals surface area contributed by atoms with Gasteiger partial charge in [0.2, 0.25) is 0 Å². The van der Waals surface area contributed by atoms with Crippen molar-refractivity contribution in [3.05, 3.63) is 28.6 Å². The van der Waals surface area contributed by atoms with Crippen LogP contribution in [0.25, 0.3) is 0 Å². The lowest BCUT2D eigenvalue weighted by atomic mass is 9.87. The molecule has 1 heterocycles. The van der Waals surface area contributed by atoms with E-state index in [0.717, 1.165) is 6.07 Å². The van der Waals surface area contributed by atoms with Gasteiger partial charge in [0.1, 0.15) is 11.8 Å². The quantitative estimate of drug-likeness (QED) is 0.697. The fourth-order valence-corrected chi connectivity index (χ4v) is 1.51. The van der Waals surface area contributed by atoms with Crippen LogP contribution in [0.3, 0.4) is 0 Å². The lowest BCUT2D eigenvalue weighted by molar-refractivity contribution is -0.139. The van der Waals surface area contributed by atoms with Gasteiger partial charge in [-0.15, -0.1) is 0 Å². The van der Waals surface area contributed by atoms with Gasteiger partial charge in [0.25, 0.3) is 0 Å². The number of aryl methyl sites for hydroxylation is 1. The first kappa shape index (κ1) is 13.5. The van der Waals surface area contributed by atoms with E-state index in [1.165, 1.54) is 6.92 Å². The fourth-order valence-electron chi connectivity index (χ4n) is 1.51. The molecule has 0 aliphatic rings. The number of aromatic nitrogens is 1. The number of hydrogen-bond donors (Lipinski definition) is 0. The van der Waals surface area contributed by atoms with E-state index in [9.17, 15) is 13.2 Å². The Hall–Kier alpha value is -1.57. The Morgan fingerprint density at radius 2 is 1.76 bits per heavy atom. The van der Waals surface area contributed by atoms with Crippen LogP contribution in [0.5, 0.6) is 0 Å². The summed E-state index contributed by atoms with van der Waals surface area (Å²) < 4.78 is 38.6. The van der Waals surface area contributed by atoms with Gasteiger partial charge in [-0.25, -0.2) is 4.98 Å². The smallest absolute Gasteiger partial charge is 0.241 e. The molecule has 0 saturated heterocycles. The monoisotopic (exact) mass is 242 g/mol. The zero-order valence-electron chi connectivity index (χ0n) is 10.1. The molecule has 1 aromatic heterocycles. The number of nitrogens with zero attached hydrogens (tertiary/aromatic N) is 2. The van der Waals surface area contributed by atoms with Gasteiger partial charge >= 0.3 is 6.18 Å². The number of halogens is 3. The summed E-state index contributed by atoms with van der Waals surface area (Å²) in [6.45, 7) is 6.37. The molecule has 1 rings (SSSR count). The van der Waals surface area contributed by atoms with Crippen LogP contribution in [0.2, 0.25) is 0 Å². The molecule has 0 saturated carbocycles. The van der Waals surface area contributed by atoms with Crippen LogP contribution < -0.4 is 0 Å². The number of hydrogen-bond acceptors (Lipinski definition) is 2. The standard InChI is InChI=1S/C12H13F3N2/c1-7-5-8(12(13,14)15)10(11(2,3)4)17-9(7)6-16/h5H,1-4H3. The van der Waals surface area contributed by atoms with Crippen LogP contribution in [0.15, 0.2) is 6.07 Å². The number of alkyl halides is 3. The van der Waals surface area contributed by atoms with Gasteiger partial charge in [0.05, 0.1) is 11.3 Å². The fraction of sp³-hybridized carbons (Fsp3) is 0.500. The molecular weight excluding hydrogens is 229 g/mol. The van der Waals surface area contributed by atoms with E-state index in [2.05, 4.69) is 4.98 Å². The summed E-state index contributed by atoms with van der Waals surface area (Å²) in [7, 11) is 0. The zero-order valence-corrected chi connectivity index (χ0v) is 10.1. The maximum atomic E-state index is 12.9. The molecule has 5 heteroatoms. The second-order valence-electron chi connectivity index (χ2n) is 4.91. The molecule has 0 aromatic carbocycles. The Bertz CT molecular complexity index is 476. The predicted octanol–water partition coefficient (Wildman–Crippen LogP) is 3.58. The predicted molar refractivity (Wildman–Crippen MR) is 57.4 cm³/mol. The van der Waals surface area contributed by atoms with Crippen molar-refractivity contribution in [3.63, 3.8) is 0 Å². The molecule has 0 amide bonds. The summed E-state index contributed by atoms with van der Waals surface area (Å²) in [6.07, 6.45) is -4.45. The summed E-state index contributed by atoms with van der Waals surface area (Å²) >= 11 is 0. The van der Waals surface area contributed by atoms with E-state index in [1.54, 1.807) is 20.8 Å². The molecule has 0 atom stereocenters. The highest BCUT2D eigenvalue weighted by Gasteiger charge is 2.38. The summed E-state index contributed by atoms with van der Waals surface area (Å²) in [5.41, 5.74) is -1.33. The third-order valence-corrected chi connectivity index (χ3v) is 2.33. The summed E-state index contributed by atoms with van der Waals surface area (Å²) in [6, 6.07) is 2.80. The highest BCUT2D eigenvalue weighted by Crippen LogP contribution is 2.37. The van der Waals surface area contributed by atoms with E-state index in [1.807, 2.05) is 6.07 Å². The minimum absolute atomic E-state index is 0.0444. The SMILES string of the molecule is Cc1cc(C(F)(F)F)c(C(C)(C)C)nc1C#N. The van der Waals surface area contributed by atoms with Gasteiger partial charge < -0.3 is 0 Å². The normalized spacial score (nSPS) is 12.4. The summed E-state index contributed by atoms with van der Waals surface area (Å²) in [4.78, 5) is 3.85. The van der Waals surface area contributed by atoms with Crippen molar-refractivity contribution in [1.82, 2.24) is 4.98 Å². The minimum atomic E-state index is -4.45. The van der Waals surface area contributed by atoms with Crippen LogP contribution >= 0.6 is 0 Å². The summed E-state index contributed by atoms with van der Waals surface area (Å²) in [5, 5.41) is 8.81. The molecule has 17 heavy (non-hydrogen) atoms. The molecule has 0 aliphatic heterocycles. The second kappa shape index (κ2) is 4.02. The molecule has 0 radical (unpaired) electrons. The maximum Gasteiger partial charge on any atom is 0.418 e.